The van der Waals surface area contributed by atoms with Crippen LogP contribution in [0.2, 0.25) is 0 Å². The summed E-state index contributed by atoms with van der Waals surface area (Å²) in [5.41, 5.74) is 20.8. The first kappa shape index (κ1) is 38.1. The van der Waals surface area contributed by atoms with Crippen LogP contribution in [0, 0.1) is 0 Å². The van der Waals surface area contributed by atoms with Gasteiger partial charge in [-0.3, -0.25) is 0 Å². The average Bonchev–Trinajstić information content (AvgIpc) is 4.00. The van der Waals surface area contributed by atoms with Crippen LogP contribution >= 0.6 is 11.8 Å². The molecule has 0 fully saturated rings. The van der Waals surface area contributed by atoms with Crippen molar-refractivity contribution in [2.75, 3.05) is 4.90 Å². The van der Waals surface area contributed by atoms with Gasteiger partial charge in [0.25, 0.3) is 0 Å². The Morgan fingerprint density at radius 2 is 1.01 bits per heavy atom. The number of anilines is 3. The van der Waals surface area contributed by atoms with Crippen LogP contribution in [-0.2, 0) is 10.8 Å². The van der Waals surface area contributed by atoms with Gasteiger partial charge in [0.15, 0.2) is 0 Å². The SMILES string of the molecule is CC1(C)c2ccccc2-c2ccc(N(c3ccccc3)c3ccc(-n4c5ccccc5c5c6c(ccc54)C4(c5ccccc5S6)c5ccccc5-n5c6ccccc6c6cccc4c65)cc3)cc21. The fraction of sp³-hybridized carbons (Fsp3) is 0.0625. The van der Waals surface area contributed by atoms with Gasteiger partial charge in [-0.05, 0) is 123 Å². The summed E-state index contributed by atoms with van der Waals surface area (Å²) >= 11 is 1.93. The number of hydrogen-bond acceptors (Lipinski definition) is 2. The highest BCUT2D eigenvalue weighted by molar-refractivity contribution is 7.99. The van der Waals surface area contributed by atoms with E-state index < -0.39 is 5.41 Å². The highest BCUT2D eigenvalue weighted by Gasteiger charge is 2.50. The van der Waals surface area contributed by atoms with E-state index in [-0.39, 0.29) is 5.41 Å². The minimum absolute atomic E-state index is 0.0996. The fourth-order valence-electron chi connectivity index (χ4n) is 12.7. The number of aromatic nitrogens is 2. The summed E-state index contributed by atoms with van der Waals surface area (Å²) in [7, 11) is 0. The molecule has 12 aromatic rings. The summed E-state index contributed by atoms with van der Waals surface area (Å²) in [6, 6.07) is 84.1. The van der Waals surface area contributed by atoms with Gasteiger partial charge in [-0.2, -0.15) is 0 Å². The van der Waals surface area contributed by atoms with Crippen molar-refractivity contribution in [3.05, 3.63) is 258 Å². The molecule has 0 N–H and O–H groups in total. The van der Waals surface area contributed by atoms with Gasteiger partial charge in [-0.25, -0.2) is 0 Å². The lowest BCUT2D eigenvalue weighted by atomic mass is 9.62. The molecule has 15 rings (SSSR count). The molecule has 1 aliphatic carbocycles. The molecule has 1 atom stereocenters. The lowest BCUT2D eigenvalue weighted by molar-refractivity contribution is 0.660. The Balaban J connectivity index is 0.938. The molecule has 0 saturated heterocycles. The van der Waals surface area contributed by atoms with Crippen LogP contribution < -0.4 is 4.90 Å². The standard InChI is InChI=1S/C64H43N3S/c1-63(2)49-23-9-6-19-44(49)45-36-35-43(39-54(45)63)65(40-17-4-3-5-18-40)41-31-33-42(34-32-41)66-56-28-13-8-21-48(56)60-58(66)38-37-53-62(60)68-59-30-15-11-25-51(59)64(53)50-24-10-14-29-57(50)67-55-27-12-7-20-46(55)47-22-16-26-52(64)61(47)67/h3-39H,1-2H3. The van der Waals surface area contributed by atoms with Crippen molar-refractivity contribution in [2.24, 2.45) is 0 Å². The Morgan fingerprint density at radius 1 is 0.397 bits per heavy atom. The molecule has 3 nitrogen and oxygen atoms in total. The molecule has 4 heteroatoms. The van der Waals surface area contributed by atoms with Crippen molar-refractivity contribution in [2.45, 2.75) is 34.5 Å². The van der Waals surface area contributed by atoms with E-state index in [2.05, 4.69) is 252 Å². The first-order valence-electron chi connectivity index (χ1n) is 23.7. The van der Waals surface area contributed by atoms with Crippen LogP contribution in [0.3, 0.4) is 0 Å². The maximum Gasteiger partial charge on any atom is 0.0764 e. The highest BCUT2D eigenvalue weighted by atomic mass is 32.2. The molecule has 2 aliphatic heterocycles. The summed E-state index contributed by atoms with van der Waals surface area (Å²) in [6.07, 6.45) is 0. The second-order valence-electron chi connectivity index (χ2n) is 19.2. The predicted octanol–water partition coefficient (Wildman–Crippen LogP) is 16.8. The highest BCUT2D eigenvalue weighted by Crippen LogP contribution is 2.62. The summed E-state index contributed by atoms with van der Waals surface area (Å²) < 4.78 is 5.01. The van der Waals surface area contributed by atoms with Gasteiger partial charge in [-0.15, -0.1) is 0 Å². The molecule has 3 aliphatic rings. The molecular weight excluding hydrogens is 843 g/mol. The molecule has 0 saturated carbocycles. The lowest BCUT2D eigenvalue weighted by Gasteiger charge is -2.45. The minimum Gasteiger partial charge on any atom is -0.310 e. The van der Waals surface area contributed by atoms with Crippen molar-refractivity contribution >= 4 is 72.4 Å². The van der Waals surface area contributed by atoms with Gasteiger partial charge in [0, 0.05) is 59.5 Å². The molecule has 68 heavy (non-hydrogen) atoms. The third kappa shape index (κ3) is 4.85. The number of benzene rings is 10. The third-order valence-electron chi connectivity index (χ3n) is 15.6. The number of para-hydroxylation sites is 5. The summed E-state index contributed by atoms with van der Waals surface area (Å²) in [4.78, 5) is 5.02. The van der Waals surface area contributed by atoms with Crippen molar-refractivity contribution < 1.29 is 0 Å². The molecule has 10 aromatic carbocycles. The van der Waals surface area contributed by atoms with Crippen LogP contribution in [0.15, 0.2) is 234 Å². The second-order valence-corrected chi connectivity index (χ2v) is 20.2. The molecule has 2 aromatic heterocycles. The average molecular weight is 886 g/mol. The number of hydrogen-bond donors (Lipinski definition) is 0. The molecule has 1 spiro atoms. The maximum atomic E-state index is 2.53. The maximum absolute atomic E-state index is 2.53. The Hall–Kier alpha value is -8.05. The monoisotopic (exact) mass is 885 g/mol. The zero-order valence-electron chi connectivity index (χ0n) is 37.6. The summed E-state index contributed by atoms with van der Waals surface area (Å²) in [5.74, 6) is 0. The fourth-order valence-corrected chi connectivity index (χ4v) is 14.1. The first-order chi connectivity index (χ1) is 33.5. The molecule has 1 unspecified atom stereocenters. The zero-order valence-corrected chi connectivity index (χ0v) is 38.4. The van der Waals surface area contributed by atoms with Crippen LogP contribution in [0.4, 0.5) is 17.1 Å². The van der Waals surface area contributed by atoms with E-state index in [1.54, 1.807) is 0 Å². The van der Waals surface area contributed by atoms with Crippen LogP contribution in [0.5, 0.6) is 0 Å². The first-order valence-corrected chi connectivity index (χ1v) is 24.5. The topological polar surface area (TPSA) is 13.1 Å². The number of fused-ring (bicyclic) bond motifs is 18. The van der Waals surface area contributed by atoms with E-state index >= 15 is 0 Å². The van der Waals surface area contributed by atoms with E-state index in [1.165, 1.54) is 104 Å². The van der Waals surface area contributed by atoms with Crippen molar-refractivity contribution in [3.63, 3.8) is 0 Å². The number of rotatable bonds is 4. The largest absolute Gasteiger partial charge is 0.310 e. The summed E-state index contributed by atoms with van der Waals surface area (Å²) in [6.45, 7) is 4.72. The lowest BCUT2D eigenvalue weighted by Crippen LogP contribution is -2.37. The number of nitrogens with zero attached hydrogens (tertiary/aromatic N) is 3. The van der Waals surface area contributed by atoms with Gasteiger partial charge in [0.1, 0.15) is 0 Å². The van der Waals surface area contributed by atoms with Crippen LogP contribution in [-0.4, -0.2) is 9.13 Å². The van der Waals surface area contributed by atoms with Gasteiger partial charge in [0.05, 0.1) is 33.2 Å². The van der Waals surface area contributed by atoms with Crippen LogP contribution in [0.25, 0.3) is 66.1 Å². The summed E-state index contributed by atoms with van der Waals surface area (Å²) in [5, 5.41) is 5.13. The van der Waals surface area contributed by atoms with E-state index in [9.17, 15) is 0 Å². The second kappa shape index (κ2) is 13.8. The Bertz CT molecular complexity index is 4100. The quantitative estimate of drug-likeness (QED) is 0.175. The normalized spacial score (nSPS) is 15.9. The Kier molecular flexibility index (Phi) is 7.71. The van der Waals surface area contributed by atoms with Gasteiger partial charge < -0.3 is 14.0 Å². The molecule has 0 radical (unpaired) electrons. The zero-order chi connectivity index (χ0) is 44.9. The van der Waals surface area contributed by atoms with Crippen molar-refractivity contribution in [1.82, 2.24) is 9.13 Å². The van der Waals surface area contributed by atoms with Crippen LogP contribution in [0.1, 0.15) is 47.2 Å². The van der Waals surface area contributed by atoms with Crippen molar-refractivity contribution in [1.29, 1.82) is 0 Å². The molecule has 320 valence electrons. The predicted molar refractivity (Wildman–Crippen MR) is 283 cm³/mol. The van der Waals surface area contributed by atoms with Gasteiger partial charge in [0.2, 0.25) is 0 Å². The smallest absolute Gasteiger partial charge is 0.0764 e. The Labute approximate surface area is 399 Å². The molecule has 4 heterocycles. The van der Waals surface area contributed by atoms with E-state index in [0.717, 1.165) is 22.7 Å². The Morgan fingerprint density at radius 3 is 1.85 bits per heavy atom. The minimum atomic E-state index is -0.548. The molecule has 0 amide bonds. The van der Waals surface area contributed by atoms with Gasteiger partial charge in [-0.1, -0.05) is 171 Å². The van der Waals surface area contributed by atoms with Gasteiger partial charge >= 0.3 is 0 Å². The molecular formula is C64H43N3S. The van der Waals surface area contributed by atoms with E-state index in [4.69, 9.17) is 0 Å². The van der Waals surface area contributed by atoms with E-state index in [0.29, 0.717) is 0 Å². The molecule has 0 bridgehead atoms. The van der Waals surface area contributed by atoms with Crippen molar-refractivity contribution in [3.8, 4) is 22.5 Å². The third-order valence-corrected chi connectivity index (χ3v) is 16.8. The van der Waals surface area contributed by atoms with E-state index in [1.807, 2.05) is 11.8 Å².